The predicted octanol–water partition coefficient (Wildman–Crippen LogP) is 10.5. The number of ketones is 1. The topological polar surface area (TPSA) is 89.3 Å². The van der Waals surface area contributed by atoms with Crippen LogP contribution in [0.15, 0.2) is 186 Å². The maximum atomic E-state index is 14.5. The van der Waals surface area contributed by atoms with Gasteiger partial charge in [-0.15, -0.1) is 0 Å². The first-order valence-corrected chi connectivity index (χ1v) is 21.2. The fourth-order valence-electron chi connectivity index (χ4n) is 7.13. The summed E-state index contributed by atoms with van der Waals surface area (Å²) >= 11 is 0. The van der Waals surface area contributed by atoms with E-state index in [2.05, 4.69) is 0 Å². The molecule has 8 aromatic rings. The fraction of sp³-hybridized carbons (Fsp3) is 0.140. The van der Waals surface area contributed by atoms with Gasteiger partial charge in [-0.1, -0.05) is 140 Å². The third-order valence-corrected chi connectivity index (χ3v) is 11.8. The molecular weight excluding hydrogens is 757 g/mol. The van der Waals surface area contributed by atoms with Gasteiger partial charge in [-0.25, -0.2) is 8.42 Å². The maximum absolute atomic E-state index is 14.5. The van der Waals surface area contributed by atoms with Gasteiger partial charge in [0.15, 0.2) is 5.78 Å². The Morgan fingerprint density at radius 3 is 1.85 bits per heavy atom. The first kappa shape index (κ1) is 39.2. The van der Waals surface area contributed by atoms with E-state index >= 15 is 0 Å². The minimum absolute atomic E-state index is 0.0483. The Morgan fingerprint density at radius 1 is 0.559 bits per heavy atom. The van der Waals surface area contributed by atoms with Gasteiger partial charge in [-0.05, 0) is 58.7 Å². The van der Waals surface area contributed by atoms with Gasteiger partial charge in [0.25, 0.3) is 0 Å². The van der Waals surface area contributed by atoms with E-state index in [1.54, 1.807) is 30.3 Å². The number of rotatable bonds is 18. The molecule has 0 saturated carbocycles. The van der Waals surface area contributed by atoms with E-state index in [1.807, 2.05) is 157 Å². The summed E-state index contributed by atoms with van der Waals surface area (Å²) < 4.78 is 49.1. The summed E-state index contributed by atoms with van der Waals surface area (Å²) in [4.78, 5) is 16.4. The van der Waals surface area contributed by atoms with Crippen molar-refractivity contribution < 1.29 is 27.1 Å². The zero-order valence-electron chi connectivity index (χ0n) is 32.5. The van der Waals surface area contributed by atoms with Crippen LogP contribution in [0.4, 0.5) is 5.69 Å². The number of Topliss-reactive ketones (excluding diaryl/α,β-unsaturated/α-hetero) is 1. The second kappa shape index (κ2) is 18.3. The molecule has 0 aliphatic heterocycles. The average molecular weight is 801 g/mol. The maximum Gasteiger partial charge on any atom is 0.239 e. The molecule has 1 aromatic heterocycles. The smallest absolute Gasteiger partial charge is 0.239 e. The number of sulfonamides is 1. The zero-order chi connectivity index (χ0) is 40.4. The van der Waals surface area contributed by atoms with Gasteiger partial charge in [0.2, 0.25) is 10.0 Å². The van der Waals surface area contributed by atoms with Crippen molar-refractivity contribution in [3.63, 3.8) is 0 Å². The molecule has 7 aromatic carbocycles. The molecule has 0 bridgehead atoms. The summed E-state index contributed by atoms with van der Waals surface area (Å²) in [7, 11) is -3.99. The van der Waals surface area contributed by atoms with Crippen LogP contribution in [0.5, 0.6) is 11.5 Å². The normalized spacial score (nSPS) is 11.5. The van der Waals surface area contributed by atoms with Crippen molar-refractivity contribution >= 4 is 43.4 Å². The number of nitrogens with zero attached hydrogens (tertiary/aromatic N) is 2. The number of hydrogen-bond acceptors (Lipinski definition) is 7. The van der Waals surface area contributed by atoms with Crippen molar-refractivity contribution in [3.8, 4) is 11.5 Å². The summed E-state index contributed by atoms with van der Waals surface area (Å²) in [5.74, 6) is 0.633. The van der Waals surface area contributed by atoms with Crippen LogP contribution in [0.1, 0.15) is 32.6 Å². The highest BCUT2D eigenvalue weighted by molar-refractivity contribution is 7.92. The van der Waals surface area contributed by atoms with Crippen molar-refractivity contribution in [2.24, 2.45) is 0 Å². The quantitative estimate of drug-likeness (QED) is 0.0799. The molecule has 59 heavy (non-hydrogen) atoms. The molecule has 0 unspecified atom stereocenters. The van der Waals surface area contributed by atoms with E-state index in [0.717, 1.165) is 38.6 Å². The Kier molecular flexibility index (Phi) is 12.1. The number of carbonyl (C=O) groups excluding carboxylic acids is 1. The highest BCUT2D eigenvalue weighted by Gasteiger charge is 2.28. The van der Waals surface area contributed by atoms with Crippen molar-refractivity contribution in [1.29, 1.82) is 0 Å². The van der Waals surface area contributed by atoms with Crippen LogP contribution < -0.4 is 13.8 Å². The SMILES string of the molecule is O=C(CN(CCOc1ccc2c(c1)oc1ccccc12)Cc1ccccc1)c1ccc(OCc2ccccc2)c(N(Cc2ccccc2)S(=O)(=O)Cc2ccccc2)c1. The molecule has 0 aliphatic carbocycles. The van der Waals surface area contributed by atoms with Crippen LogP contribution in [-0.4, -0.2) is 38.8 Å². The van der Waals surface area contributed by atoms with Crippen molar-refractivity contribution in [2.75, 3.05) is 24.0 Å². The van der Waals surface area contributed by atoms with Crippen LogP contribution in [-0.2, 0) is 35.5 Å². The zero-order valence-corrected chi connectivity index (χ0v) is 33.3. The van der Waals surface area contributed by atoms with E-state index in [0.29, 0.717) is 48.0 Å². The Hall–Kier alpha value is -6.68. The lowest BCUT2D eigenvalue weighted by Crippen LogP contribution is -2.34. The first-order chi connectivity index (χ1) is 28.9. The predicted molar refractivity (Wildman–Crippen MR) is 234 cm³/mol. The Bertz CT molecular complexity index is 2740. The number of benzene rings is 7. The molecule has 0 fully saturated rings. The van der Waals surface area contributed by atoms with E-state index in [1.165, 1.54) is 4.31 Å². The molecule has 0 saturated heterocycles. The number of para-hydroxylation sites is 1. The van der Waals surface area contributed by atoms with Gasteiger partial charge >= 0.3 is 0 Å². The average Bonchev–Trinajstić information content (AvgIpc) is 3.64. The second-order valence-corrected chi connectivity index (χ2v) is 16.3. The summed E-state index contributed by atoms with van der Waals surface area (Å²) in [5, 5.41) is 2.08. The van der Waals surface area contributed by atoms with Crippen LogP contribution in [0.3, 0.4) is 0 Å². The minimum Gasteiger partial charge on any atom is -0.492 e. The van der Waals surface area contributed by atoms with Gasteiger partial charge in [0, 0.05) is 35.5 Å². The summed E-state index contributed by atoms with van der Waals surface area (Å²) in [6.45, 7) is 1.62. The minimum atomic E-state index is -3.99. The molecule has 8 nitrogen and oxygen atoms in total. The monoisotopic (exact) mass is 800 g/mol. The lowest BCUT2D eigenvalue weighted by atomic mass is 10.1. The summed E-state index contributed by atoms with van der Waals surface area (Å²) in [6, 6.07) is 57.1. The first-order valence-electron chi connectivity index (χ1n) is 19.6. The highest BCUT2D eigenvalue weighted by atomic mass is 32.2. The van der Waals surface area contributed by atoms with E-state index in [-0.39, 0.29) is 31.2 Å². The van der Waals surface area contributed by atoms with Gasteiger partial charge in [0.05, 0.1) is 24.5 Å². The number of furan rings is 1. The van der Waals surface area contributed by atoms with Crippen LogP contribution in [0.2, 0.25) is 0 Å². The third-order valence-electron chi connectivity index (χ3n) is 10.1. The number of fused-ring (bicyclic) bond motifs is 3. The lowest BCUT2D eigenvalue weighted by molar-refractivity contribution is 0.0912. The highest BCUT2D eigenvalue weighted by Crippen LogP contribution is 2.35. The van der Waals surface area contributed by atoms with Crippen LogP contribution in [0.25, 0.3) is 21.9 Å². The van der Waals surface area contributed by atoms with E-state index in [9.17, 15) is 13.2 Å². The Labute approximate surface area is 344 Å². The lowest BCUT2D eigenvalue weighted by Gasteiger charge is -2.28. The molecule has 0 atom stereocenters. The van der Waals surface area contributed by atoms with Crippen LogP contribution >= 0.6 is 0 Å². The second-order valence-electron chi connectivity index (χ2n) is 14.4. The number of anilines is 1. The largest absolute Gasteiger partial charge is 0.492 e. The molecule has 296 valence electrons. The van der Waals surface area contributed by atoms with Crippen LogP contribution in [0, 0.1) is 0 Å². The Balaban J connectivity index is 1.08. The number of ether oxygens (including phenoxy) is 2. The van der Waals surface area contributed by atoms with E-state index in [4.69, 9.17) is 13.9 Å². The summed E-state index contributed by atoms with van der Waals surface area (Å²) in [6.07, 6.45) is 0. The van der Waals surface area contributed by atoms with Gasteiger partial charge in [-0.3, -0.25) is 14.0 Å². The molecule has 1 heterocycles. The molecule has 8 rings (SSSR count). The van der Waals surface area contributed by atoms with Crippen molar-refractivity contribution in [3.05, 3.63) is 210 Å². The molecular formula is C50H44N2O6S. The van der Waals surface area contributed by atoms with Crippen molar-refractivity contribution in [2.45, 2.75) is 25.4 Å². The fourth-order valence-corrected chi connectivity index (χ4v) is 8.68. The Morgan fingerprint density at radius 2 is 1.15 bits per heavy atom. The molecule has 0 aliphatic rings. The molecule has 0 N–H and O–H groups in total. The molecule has 9 heteroatoms. The van der Waals surface area contributed by atoms with E-state index < -0.39 is 10.0 Å². The molecule has 0 radical (unpaired) electrons. The summed E-state index contributed by atoms with van der Waals surface area (Å²) in [5.41, 5.74) is 5.67. The number of hydrogen-bond donors (Lipinski definition) is 0. The third kappa shape index (κ3) is 9.90. The van der Waals surface area contributed by atoms with Gasteiger partial charge in [0.1, 0.15) is 35.9 Å². The standard InChI is InChI=1S/C50H44N2O6S/c53-47(35-51(33-38-15-5-1-6-16-38)29-30-56-43-26-27-45-44-23-13-14-24-48(44)58-50(45)32-43)42-25-28-49(57-36-40-19-9-3-10-20-40)46(31-42)52(34-39-17-7-2-8-18-39)59(54,55)37-41-21-11-4-12-22-41/h1-28,31-32H,29-30,33-37H2. The van der Waals surface area contributed by atoms with Gasteiger partial charge < -0.3 is 13.9 Å². The molecule has 0 amide bonds. The van der Waals surface area contributed by atoms with Gasteiger partial charge in [-0.2, -0.15) is 0 Å². The van der Waals surface area contributed by atoms with Crippen molar-refractivity contribution in [1.82, 2.24) is 4.90 Å². The molecule has 0 spiro atoms. The number of carbonyl (C=O) groups is 1.